The lowest BCUT2D eigenvalue weighted by Crippen LogP contribution is -2.12. The topological polar surface area (TPSA) is 26.0 Å². The van der Waals surface area contributed by atoms with E-state index in [0.29, 0.717) is 5.56 Å². The summed E-state index contributed by atoms with van der Waals surface area (Å²) in [5.41, 5.74) is 6.97. The van der Waals surface area contributed by atoms with Crippen LogP contribution in [0.2, 0.25) is 0 Å². The maximum absolute atomic E-state index is 13.2. The van der Waals surface area contributed by atoms with Crippen molar-refractivity contribution in [3.63, 3.8) is 0 Å². The van der Waals surface area contributed by atoms with Gasteiger partial charge in [0, 0.05) is 10.0 Å². The summed E-state index contributed by atoms with van der Waals surface area (Å²) >= 11 is 3.26. The van der Waals surface area contributed by atoms with Crippen LogP contribution in [0.4, 0.5) is 4.39 Å². The van der Waals surface area contributed by atoms with Gasteiger partial charge in [-0.05, 0) is 25.1 Å². The monoisotopic (exact) mass is 243 g/mol. The molecule has 0 bridgehead atoms. The number of benzene rings is 1. The molecule has 0 spiro atoms. The standard InChI is InChI=1S/C10H11BrFN/c1-6(2)10(13)8-5-7(11)3-4-9(8)12/h3-5,10H,1,13H2,2H3. The molecule has 0 saturated carbocycles. The summed E-state index contributed by atoms with van der Waals surface area (Å²) in [6, 6.07) is 4.28. The summed E-state index contributed by atoms with van der Waals surface area (Å²) in [7, 11) is 0. The molecule has 1 rings (SSSR count). The van der Waals surface area contributed by atoms with Gasteiger partial charge in [-0.15, -0.1) is 0 Å². The Morgan fingerprint density at radius 3 is 2.77 bits per heavy atom. The van der Waals surface area contributed by atoms with Crippen molar-refractivity contribution in [2.45, 2.75) is 13.0 Å². The number of hydrogen-bond donors (Lipinski definition) is 1. The summed E-state index contributed by atoms with van der Waals surface area (Å²) in [5.74, 6) is -0.293. The van der Waals surface area contributed by atoms with E-state index in [2.05, 4.69) is 22.5 Å². The molecule has 1 atom stereocenters. The first kappa shape index (κ1) is 10.4. The zero-order chi connectivity index (χ0) is 10.0. The third kappa shape index (κ3) is 2.39. The third-order valence-electron chi connectivity index (χ3n) is 1.82. The Hall–Kier alpha value is -0.670. The molecule has 0 heterocycles. The van der Waals surface area contributed by atoms with Crippen LogP contribution in [0, 0.1) is 5.82 Å². The molecule has 0 fully saturated rings. The molecule has 1 unspecified atom stereocenters. The molecular weight excluding hydrogens is 233 g/mol. The van der Waals surface area contributed by atoms with E-state index in [1.165, 1.54) is 6.07 Å². The van der Waals surface area contributed by atoms with Crippen molar-refractivity contribution in [3.8, 4) is 0 Å². The molecule has 0 radical (unpaired) electrons. The van der Waals surface area contributed by atoms with Crippen LogP contribution in [0.5, 0.6) is 0 Å². The van der Waals surface area contributed by atoms with E-state index in [1.807, 2.05) is 0 Å². The van der Waals surface area contributed by atoms with Crippen molar-refractivity contribution < 1.29 is 4.39 Å². The highest BCUT2D eigenvalue weighted by atomic mass is 79.9. The fraction of sp³-hybridized carbons (Fsp3) is 0.200. The molecule has 0 aliphatic rings. The average Bonchev–Trinajstić information content (AvgIpc) is 2.08. The summed E-state index contributed by atoms with van der Waals surface area (Å²) in [6.45, 7) is 5.48. The molecule has 13 heavy (non-hydrogen) atoms. The first-order chi connectivity index (χ1) is 6.02. The molecule has 70 valence electrons. The van der Waals surface area contributed by atoms with Gasteiger partial charge in [-0.3, -0.25) is 0 Å². The third-order valence-corrected chi connectivity index (χ3v) is 2.32. The average molecular weight is 244 g/mol. The Morgan fingerprint density at radius 1 is 1.62 bits per heavy atom. The summed E-state index contributed by atoms with van der Waals surface area (Å²) in [4.78, 5) is 0. The predicted molar refractivity (Wildman–Crippen MR) is 55.8 cm³/mol. The van der Waals surface area contributed by atoms with Crippen molar-refractivity contribution in [1.82, 2.24) is 0 Å². The summed E-state index contributed by atoms with van der Waals surface area (Å²) in [6.07, 6.45) is 0. The lowest BCUT2D eigenvalue weighted by atomic mass is 10.0. The first-order valence-corrected chi connectivity index (χ1v) is 4.67. The van der Waals surface area contributed by atoms with Crippen LogP contribution in [-0.4, -0.2) is 0 Å². The van der Waals surface area contributed by atoms with Crippen LogP contribution in [0.1, 0.15) is 18.5 Å². The molecule has 0 aliphatic heterocycles. The van der Waals surface area contributed by atoms with Crippen LogP contribution in [0.3, 0.4) is 0 Å². The fourth-order valence-corrected chi connectivity index (χ4v) is 1.40. The quantitative estimate of drug-likeness (QED) is 0.794. The Labute approximate surface area is 85.6 Å². The van der Waals surface area contributed by atoms with Crippen LogP contribution in [0.25, 0.3) is 0 Å². The van der Waals surface area contributed by atoms with Gasteiger partial charge < -0.3 is 5.73 Å². The Balaban J connectivity index is 3.12. The van der Waals surface area contributed by atoms with Crippen LogP contribution >= 0.6 is 15.9 Å². The minimum atomic E-state index is -0.433. The van der Waals surface area contributed by atoms with E-state index in [0.717, 1.165) is 10.0 Å². The normalized spacial score (nSPS) is 12.6. The van der Waals surface area contributed by atoms with Crippen molar-refractivity contribution in [2.24, 2.45) is 5.73 Å². The molecule has 1 nitrogen and oxygen atoms in total. The van der Waals surface area contributed by atoms with Gasteiger partial charge in [-0.25, -0.2) is 4.39 Å². The van der Waals surface area contributed by atoms with Crippen molar-refractivity contribution >= 4 is 15.9 Å². The molecule has 0 aromatic heterocycles. The minimum absolute atomic E-state index is 0.293. The van der Waals surface area contributed by atoms with Crippen LogP contribution in [0.15, 0.2) is 34.8 Å². The fourth-order valence-electron chi connectivity index (χ4n) is 1.02. The van der Waals surface area contributed by atoms with Crippen molar-refractivity contribution in [1.29, 1.82) is 0 Å². The molecule has 0 saturated heterocycles. The van der Waals surface area contributed by atoms with E-state index >= 15 is 0 Å². The van der Waals surface area contributed by atoms with Gasteiger partial charge in [-0.2, -0.15) is 0 Å². The lowest BCUT2D eigenvalue weighted by molar-refractivity contribution is 0.597. The zero-order valence-corrected chi connectivity index (χ0v) is 8.94. The number of hydrogen-bond acceptors (Lipinski definition) is 1. The molecular formula is C10H11BrFN. The van der Waals surface area contributed by atoms with Gasteiger partial charge in [0.1, 0.15) is 5.82 Å². The van der Waals surface area contributed by atoms with E-state index in [-0.39, 0.29) is 5.82 Å². The second-order valence-corrected chi connectivity index (χ2v) is 3.91. The second kappa shape index (κ2) is 4.03. The molecule has 0 aliphatic carbocycles. The van der Waals surface area contributed by atoms with Gasteiger partial charge in [0.05, 0.1) is 6.04 Å². The Bertz CT molecular complexity index is 336. The predicted octanol–water partition coefficient (Wildman–Crippen LogP) is 3.16. The van der Waals surface area contributed by atoms with E-state index in [4.69, 9.17) is 5.73 Å². The Morgan fingerprint density at radius 2 is 2.23 bits per heavy atom. The summed E-state index contributed by atoms with van der Waals surface area (Å²) in [5, 5.41) is 0. The number of halogens is 2. The second-order valence-electron chi connectivity index (χ2n) is 2.99. The molecule has 0 amide bonds. The molecule has 2 N–H and O–H groups in total. The molecule has 1 aromatic carbocycles. The number of rotatable bonds is 2. The van der Waals surface area contributed by atoms with Gasteiger partial charge in [0.2, 0.25) is 0 Å². The first-order valence-electron chi connectivity index (χ1n) is 3.88. The highest BCUT2D eigenvalue weighted by Gasteiger charge is 2.11. The van der Waals surface area contributed by atoms with E-state index in [9.17, 15) is 4.39 Å². The maximum Gasteiger partial charge on any atom is 0.128 e. The molecule has 3 heteroatoms. The minimum Gasteiger partial charge on any atom is -0.320 e. The largest absolute Gasteiger partial charge is 0.320 e. The van der Waals surface area contributed by atoms with Crippen LogP contribution < -0.4 is 5.73 Å². The van der Waals surface area contributed by atoms with Gasteiger partial charge in [0.15, 0.2) is 0 Å². The molecule has 1 aromatic rings. The Kier molecular flexibility index (Phi) is 3.22. The van der Waals surface area contributed by atoms with Gasteiger partial charge in [-0.1, -0.05) is 28.1 Å². The SMILES string of the molecule is C=C(C)C(N)c1cc(Br)ccc1F. The van der Waals surface area contributed by atoms with Gasteiger partial charge in [0.25, 0.3) is 0 Å². The summed E-state index contributed by atoms with van der Waals surface area (Å²) < 4.78 is 14.1. The van der Waals surface area contributed by atoms with Crippen molar-refractivity contribution in [2.75, 3.05) is 0 Å². The van der Waals surface area contributed by atoms with E-state index < -0.39 is 6.04 Å². The van der Waals surface area contributed by atoms with Gasteiger partial charge >= 0.3 is 0 Å². The van der Waals surface area contributed by atoms with Crippen LogP contribution in [-0.2, 0) is 0 Å². The van der Waals surface area contributed by atoms with Crippen molar-refractivity contribution in [3.05, 3.63) is 46.2 Å². The smallest absolute Gasteiger partial charge is 0.128 e. The number of nitrogens with two attached hydrogens (primary N) is 1. The highest BCUT2D eigenvalue weighted by Crippen LogP contribution is 2.23. The zero-order valence-electron chi connectivity index (χ0n) is 7.35. The van der Waals surface area contributed by atoms with E-state index in [1.54, 1.807) is 19.1 Å². The highest BCUT2D eigenvalue weighted by molar-refractivity contribution is 9.10. The lowest BCUT2D eigenvalue weighted by Gasteiger charge is -2.12. The maximum atomic E-state index is 13.2.